The summed E-state index contributed by atoms with van der Waals surface area (Å²) in [5.41, 5.74) is 2.93. The summed E-state index contributed by atoms with van der Waals surface area (Å²) < 4.78 is 0. The number of benzene rings is 4. The van der Waals surface area contributed by atoms with E-state index >= 15 is 0 Å². The van der Waals surface area contributed by atoms with Crippen molar-refractivity contribution in [1.82, 2.24) is 0 Å². The van der Waals surface area contributed by atoms with Gasteiger partial charge in [-0.25, -0.2) is 19.2 Å². The maximum atomic E-state index is 11.5. The average molecular weight is 518 g/mol. The monoisotopic (exact) mass is 518 g/mol. The first kappa shape index (κ1) is 28.4. The first-order valence-corrected chi connectivity index (χ1v) is 11.2. The second-order valence-corrected chi connectivity index (χ2v) is 8.57. The molecule has 0 fully saturated rings. The van der Waals surface area contributed by atoms with Crippen molar-refractivity contribution in [3.8, 4) is 0 Å². The van der Waals surface area contributed by atoms with Crippen molar-refractivity contribution in [3.63, 3.8) is 0 Å². The van der Waals surface area contributed by atoms with Crippen LogP contribution < -0.4 is 51.4 Å². The summed E-state index contributed by atoms with van der Waals surface area (Å²) in [6.45, 7) is 0. The molecule has 0 aliphatic heterocycles. The predicted molar refractivity (Wildman–Crippen MR) is 138 cm³/mol. The van der Waals surface area contributed by atoms with Gasteiger partial charge in [0.2, 0.25) is 0 Å². The molecule has 0 heterocycles. The Hall–Kier alpha value is -4.18. The van der Waals surface area contributed by atoms with Gasteiger partial charge in [-0.15, -0.1) is 0 Å². The number of rotatable bonds is 8. The summed E-state index contributed by atoms with van der Waals surface area (Å²) in [5, 5.41) is 37.7. The molecule has 10 heteroatoms. The van der Waals surface area contributed by atoms with Crippen LogP contribution in [0.5, 0.6) is 0 Å². The maximum Gasteiger partial charge on any atom is 1.00 e. The van der Waals surface area contributed by atoms with Gasteiger partial charge in [0, 0.05) is 0 Å². The van der Waals surface area contributed by atoms with Crippen LogP contribution in [-0.4, -0.2) is 50.4 Å². The van der Waals surface area contributed by atoms with Crippen molar-refractivity contribution in [1.29, 1.82) is 0 Å². The molecule has 0 saturated heterocycles. The van der Waals surface area contributed by atoms with Crippen LogP contribution in [0.2, 0.25) is 0 Å². The molecule has 0 radical (unpaired) electrons. The fourth-order valence-corrected chi connectivity index (χ4v) is 4.81. The molecule has 0 unspecified atom stereocenters. The van der Waals surface area contributed by atoms with Crippen LogP contribution >= 0.6 is 0 Å². The summed E-state index contributed by atoms with van der Waals surface area (Å²) in [6.07, 6.45) is -2.13. The zero-order valence-corrected chi connectivity index (χ0v) is 22.2. The smallest absolute Gasteiger partial charge is 0.478 e. The summed E-state index contributed by atoms with van der Waals surface area (Å²) in [4.78, 5) is 46.1. The van der Waals surface area contributed by atoms with Gasteiger partial charge in [-0.3, -0.25) is 0 Å². The Bertz CT molecular complexity index is 1260. The predicted octanol–water partition coefficient (Wildman–Crippen LogP) is -1.14. The van der Waals surface area contributed by atoms with Gasteiger partial charge in [0.15, 0.2) is 0 Å². The fraction of sp³-hybridized carbons (Fsp3) is 0. The van der Waals surface area contributed by atoms with E-state index in [0.29, 0.717) is 21.9 Å². The quantitative estimate of drug-likeness (QED) is 0.214. The topological polar surface area (TPSA) is 149 Å². The SMILES string of the molecule is O=C(O)c1ccc([B-](c2ccc(C(=O)O)cc2)(c2ccc(C(=O)O)cc2)c2ccc(C(=O)O)cc2)cc1.[Na+]. The molecule has 0 spiro atoms. The molecule has 0 saturated carbocycles. The van der Waals surface area contributed by atoms with Crippen LogP contribution in [0.4, 0.5) is 0 Å². The molecule has 0 aliphatic carbocycles. The summed E-state index contributed by atoms with van der Waals surface area (Å²) >= 11 is 0. The van der Waals surface area contributed by atoms with E-state index in [1.165, 1.54) is 48.5 Å². The molecular formula is C28H20BNaO8. The van der Waals surface area contributed by atoms with Gasteiger partial charge in [-0.2, -0.15) is 21.9 Å². The molecule has 4 N–H and O–H groups in total. The van der Waals surface area contributed by atoms with Gasteiger partial charge >= 0.3 is 53.4 Å². The van der Waals surface area contributed by atoms with Crippen molar-refractivity contribution in [2.24, 2.45) is 0 Å². The second-order valence-electron chi connectivity index (χ2n) is 8.57. The van der Waals surface area contributed by atoms with Crippen molar-refractivity contribution in [2.75, 3.05) is 0 Å². The van der Waals surface area contributed by atoms with E-state index < -0.39 is 30.0 Å². The third-order valence-corrected chi connectivity index (χ3v) is 6.63. The Kier molecular flexibility index (Phi) is 8.58. The first-order chi connectivity index (χ1) is 17.6. The standard InChI is InChI=1S/C28H20BO8.Na/c30-25(31)17-1-9-21(10-2-17)29(22-11-3-18(4-12-22)26(32)33,23-13-5-19(6-14-23)27(34)35)24-15-7-20(8-16-24)28(36)37;/h1-16H,(H,30,31)(H,32,33)(H,34,35)(H,36,37);/q-1;+1. The Balaban J connectivity index is 0.00000400. The number of hydrogen-bond acceptors (Lipinski definition) is 4. The molecule has 4 aromatic rings. The average Bonchev–Trinajstić information content (AvgIpc) is 2.90. The van der Waals surface area contributed by atoms with Crippen molar-refractivity contribution < 1.29 is 69.2 Å². The Morgan fingerprint density at radius 2 is 0.526 bits per heavy atom. The molecular weight excluding hydrogens is 498 g/mol. The van der Waals surface area contributed by atoms with E-state index in [9.17, 15) is 39.6 Å². The van der Waals surface area contributed by atoms with Crippen LogP contribution in [0, 0.1) is 0 Å². The van der Waals surface area contributed by atoms with Crippen LogP contribution in [0.25, 0.3) is 0 Å². The number of carbonyl (C=O) groups is 4. The van der Waals surface area contributed by atoms with Crippen LogP contribution in [0.3, 0.4) is 0 Å². The summed E-state index contributed by atoms with van der Waals surface area (Å²) in [6, 6.07) is 24.9. The van der Waals surface area contributed by atoms with Gasteiger partial charge in [0.25, 0.3) is 0 Å². The molecule has 0 aliphatic rings. The minimum Gasteiger partial charge on any atom is -0.478 e. The third-order valence-electron chi connectivity index (χ3n) is 6.63. The number of hydrogen-bond donors (Lipinski definition) is 4. The minimum absolute atomic E-state index is 0. The molecule has 4 aromatic carbocycles. The van der Waals surface area contributed by atoms with Crippen molar-refractivity contribution in [2.45, 2.75) is 0 Å². The van der Waals surface area contributed by atoms with E-state index in [2.05, 4.69) is 0 Å². The van der Waals surface area contributed by atoms with Gasteiger partial charge in [-0.1, -0.05) is 97.1 Å². The van der Waals surface area contributed by atoms with Gasteiger partial charge in [0.1, 0.15) is 6.15 Å². The van der Waals surface area contributed by atoms with Crippen molar-refractivity contribution in [3.05, 3.63) is 119 Å². The van der Waals surface area contributed by atoms with Crippen molar-refractivity contribution >= 4 is 51.9 Å². The maximum absolute atomic E-state index is 11.5. The number of carboxylic acid groups (broad SMARTS) is 4. The second kappa shape index (κ2) is 11.5. The molecule has 38 heavy (non-hydrogen) atoms. The molecule has 0 amide bonds. The summed E-state index contributed by atoms with van der Waals surface area (Å²) in [5.74, 6) is -4.42. The molecule has 8 nitrogen and oxygen atoms in total. The zero-order chi connectivity index (χ0) is 26.7. The van der Waals surface area contributed by atoms with E-state index in [1.807, 2.05) is 0 Å². The summed E-state index contributed by atoms with van der Waals surface area (Å²) in [7, 11) is 0. The third kappa shape index (κ3) is 5.26. The first-order valence-electron chi connectivity index (χ1n) is 11.2. The molecule has 0 atom stereocenters. The van der Waals surface area contributed by atoms with E-state index in [4.69, 9.17) is 0 Å². The zero-order valence-electron chi connectivity index (χ0n) is 20.2. The normalized spacial score (nSPS) is 10.7. The van der Waals surface area contributed by atoms with Crippen LogP contribution in [0.15, 0.2) is 97.1 Å². The molecule has 0 bridgehead atoms. The van der Waals surface area contributed by atoms with Crippen LogP contribution in [-0.2, 0) is 0 Å². The number of aromatic carboxylic acids is 4. The van der Waals surface area contributed by atoms with Gasteiger partial charge in [0.05, 0.1) is 22.3 Å². The molecule has 4 rings (SSSR count). The van der Waals surface area contributed by atoms with Gasteiger partial charge in [-0.05, 0) is 0 Å². The largest absolute Gasteiger partial charge is 1.00 e. The minimum atomic E-state index is -2.13. The molecule has 184 valence electrons. The Labute approximate surface area is 239 Å². The Morgan fingerprint density at radius 1 is 0.368 bits per heavy atom. The van der Waals surface area contributed by atoms with Crippen LogP contribution in [0.1, 0.15) is 41.4 Å². The fourth-order valence-electron chi connectivity index (χ4n) is 4.81. The molecule has 0 aromatic heterocycles. The van der Waals surface area contributed by atoms with Gasteiger partial charge < -0.3 is 20.4 Å². The van der Waals surface area contributed by atoms with E-state index in [1.54, 1.807) is 48.5 Å². The number of carboxylic acids is 4. The van der Waals surface area contributed by atoms with E-state index in [0.717, 1.165) is 0 Å². The Morgan fingerprint density at radius 3 is 0.658 bits per heavy atom. The van der Waals surface area contributed by atoms with E-state index in [-0.39, 0.29) is 51.8 Å².